The number of aromatic carboxylic acids is 1. The van der Waals surface area contributed by atoms with Crippen LogP contribution in [0.2, 0.25) is 0 Å². The lowest BCUT2D eigenvalue weighted by atomic mass is 10.1. The Morgan fingerprint density at radius 2 is 1.84 bits per heavy atom. The van der Waals surface area contributed by atoms with E-state index in [0.29, 0.717) is 11.4 Å². The molecule has 0 aliphatic rings. The first-order valence-electron chi connectivity index (χ1n) is 5.85. The van der Waals surface area contributed by atoms with E-state index >= 15 is 0 Å². The van der Waals surface area contributed by atoms with E-state index in [2.05, 4.69) is 5.32 Å². The first kappa shape index (κ1) is 13.0. The molecule has 0 saturated heterocycles. The number of aryl methyl sites for hydroxylation is 1. The first-order valence-corrected chi connectivity index (χ1v) is 5.85. The molecule has 0 fully saturated rings. The minimum Gasteiger partial charge on any atom is -0.497 e. The Kier molecular flexibility index (Phi) is 3.71. The molecule has 0 bridgehead atoms. The van der Waals surface area contributed by atoms with Gasteiger partial charge in [0, 0.05) is 11.8 Å². The van der Waals surface area contributed by atoms with Crippen LogP contribution in [0.25, 0.3) is 0 Å². The summed E-state index contributed by atoms with van der Waals surface area (Å²) in [7, 11) is 1.55. The molecule has 0 heterocycles. The molecule has 0 atom stereocenters. The fourth-order valence-corrected chi connectivity index (χ4v) is 1.73. The minimum atomic E-state index is -0.975. The summed E-state index contributed by atoms with van der Waals surface area (Å²) in [5.41, 5.74) is 2.70. The molecular weight excluding hydrogens is 242 g/mol. The second kappa shape index (κ2) is 5.44. The van der Waals surface area contributed by atoms with Crippen molar-refractivity contribution in [3.8, 4) is 5.75 Å². The van der Waals surface area contributed by atoms with Crippen LogP contribution in [0.4, 0.5) is 11.4 Å². The summed E-state index contributed by atoms with van der Waals surface area (Å²) in [5.74, 6) is -0.364. The van der Waals surface area contributed by atoms with Gasteiger partial charge < -0.3 is 15.2 Å². The third-order valence-corrected chi connectivity index (χ3v) is 2.79. The molecule has 0 saturated carbocycles. The SMILES string of the molecule is COc1ccc(C(=O)O)c(Nc2ccc(C)cc2)c1. The van der Waals surface area contributed by atoms with Gasteiger partial charge in [-0.2, -0.15) is 0 Å². The Bertz CT molecular complexity index is 591. The fourth-order valence-electron chi connectivity index (χ4n) is 1.73. The average molecular weight is 257 g/mol. The summed E-state index contributed by atoms with van der Waals surface area (Å²) in [6.45, 7) is 2.00. The lowest BCUT2D eigenvalue weighted by Crippen LogP contribution is -2.03. The number of methoxy groups -OCH3 is 1. The van der Waals surface area contributed by atoms with Crippen LogP contribution in [0.1, 0.15) is 15.9 Å². The summed E-state index contributed by atoms with van der Waals surface area (Å²) in [6.07, 6.45) is 0. The highest BCUT2D eigenvalue weighted by atomic mass is 16.5. The maximum absolute atomic E-state index is 11.2. The number of hydrogen-bond acceptors (Lipinski definition) is 3. The second-order valence-corrected chi connectivity index (χ2v) is 4.21. The third-order valence-electron chi connectivity index (χ3n) is 2.79. The number of anilines is 2. The molecule has 2 aromatic carbocycles. The van der Waals surface area contributed by atoms with Gasteiger partial charge in [0.2, 0.25) is 0 Å². The highest BCUT2D eigenvalue weighted by Gasteiger charge is 2.11. The third kappa shape index (κ3) is 3.04. The van der Waals surface area contributed by atoms with Gasteiger partial charge in [-0.1, -0.05) is 17.7 Å². The zero-order chi connectivity index (χ0) is 13.8. The molecule has 2 rings (SSSR count). The average Bonchev–Trinajstić information content (AvgIpc) is 2.41. The van der Waals surface area contributed by atoms with Gasteiger partial charge in [0.1, 0.15) is 5.75 Å². The highest BCUT2D eigenvalue weighted by molar-refractivity contribution is 5.95. The largest absolute Gasteiger partial charge is 0.497 e. The van der Waals surface area contributed by atoms with E-state index in [0.717, 1.165) is 11.3 Å². The molecule has 2 N–H and O–H groups in total. The molecule has 2 aromatic rings. The predicted molar refractivity (Wildman–Crippen MR) is 74.4 cm³/mol. The van der Waals surface area contributed by atoms with Crippen LogP contribution in [0.3, 0.4) is 0 Å². The second-order valence-electron chi connectivity index (χ2n) is 4.21. The van der Waals surface area contributed by atoms with Gasteiger partial charge in [0.15, 0.2) is 0 Å². The Labute approximate surface area is 111 Å². The predicted octanol–water partition coefficient (Wildman–Crippen LogP) is 3.45. The maximum atomic E-state index is 11.2. The highest BCUT2D eigenvalue weighted by Crippen LogP contribution is 2.26. The molecule has 0 aliphatic heterocycles. The van der Waals surface area contributed by atoms with E-state index in [4.69, 9.17) is 4.74 Å². The van der Waals surface area contributed by atoms with Gasteiger partial charge in [0.25, 0.3) is 0 Å². The normalized spacial score (nSPS) is 10.0. The zero-order valence-electron chi connectivity index (χ0n) is 10.8. The summed E-state index contributed by atoms with van der Waals surface area (Å²) in [4.78, 5) is 11.2. The summed E-state index contributed by atoms with van der Waals surface area (Å²) in [5, 5.41) is 12.3. The number of carboxylic acid groups (broad SMARTS) is 1. The molecule has 0 amide bonds. The van der Waals surface area contributed by atoms with Crippen LogP contribution in [-0.4, -0.2) is 18.2 Å². The van der Waals surface area contributed by atoms with Crippen molar-refractivity contribution in [2.45, 2.75) is 6.92 Å². The monoisotopic (exact) mass is 257 g/mol. The lowest BCUT2D eigenvalue weighted by Gasteiger charge is -2.11. The number of ether oxygens (including phenoxy) is 1. The van der Waals surface area contributed by atoms with Crippen molar-refractivity contribution < 1.29 is 14.6 Å². The van der Waals surface area contributed by atoms with Crippen LogP contribution in [-0.2, 0) is 0 Å². The Hall–Kier alpha value is -2.49. The molecule has 0 aromatic heterocycles. The Morgan fingerprint density at radius 3 is 2.42 bits per heavy atom. The molecular formula is C15H15NO3. The van der Waals surface area contributed by atoms with Gasteiger partial charge in [-0.25, -0.2) is 4.79 Å². The van der Waals surface area contributed by atoms with Gasteiger partial charge in [-0.3, -0.25) is 0 Å². The molecule has 4 nitrogen and oxygen atoms in total. The maximum Gasteiger partial charge on any atom is 0.337 e. The number of benzene rings is 2. The van der Waals surface area contributed by atoms with Gasteiger partial charge >= 0.3 is 5.97 Å². The van der Waals surface area contributed by atoms with Crippen molar-refractivity contribution in [3.05, 3.63) is 53.6 Å². The van der Waals surface area contributed by atoms with Gasteiger partial charge in [-0.05, 0) is 31.2 Å². The standard InChI is InChI=1S/C15H15NO3/c1-10-3-5-11(6-4-10)16-14-9-12(19-2)7-8-13(14)15(17)18/h3-9,16H,1-2H3,(H,17,18). The summed E-state index contributed by atoms with van der Waals surface area (Å²) < 4.78 is 5.11. The Balaban J connectivity index is 2.36. The van der Waals surface area contributed by atoms with Crippen molar-refractivity contribution in [3.63, 3.8) is 0 Å². The number of rotatable bonds is 4. The Morgan fingerprint density at radius 1 is 1.16 bits per heavy atom. The molecule has 4 heteroatoms. The van der Waals surface area contributed by atoms with Crippen molar-refractivity contribution in [2.24, 2.45) is 0 Å². The van der Waals surface area contributed by atoms with E-state index in [1.807, 2.05) is 31.2 Å². The van der Waals surface area contributed by atoms with Crippen LogP contribution >= 0.6 is 0 Å². The number of carboxylic acids is 1. The molecule has 0 radical (unpaired) electrons. The zero-order valence-corrected chi connectivity index (χ0v) is 10.8. The molecule has 0 aliphatic carbocycles. The summed E-state index contributed by atoms with van der Waals surface area (Å²) >= 11 is 0. The van der Waals surface area contributed by atoms with E-state index in [-0.39, 0.29) is 5.56 Å². The van der Waals surface area contributed by atoms with Crippen LogP contribution in [0, 0.1) is 6.92 Å². The van der Waals surface area contributed by atoms with Crippen molar-refractivity contribution in [1.82, 2.24) is 0 Å². The number of hydrogen-bond donors (Lipinski definition) is 2. The van der Waals surface area contributed by atoms with Gasteiger partial charge in [-0.15, -0.1) is 0 Å². The van der Waals surface area contributed by atoms with Crippen LogP contribution in [0.15, 0.2) is 42.5 Å². The lowest BCUT2D eigenvalue weighted by molar-refractivity contribution is 0.0698. The minimum absolute atomic E-state index is 0.210. The van der Waals surface area contributed by atoms with Crippen LogP contribution < -0.4 is 10.1 Å². The van der Waals surface area contributed by atoms with E-state index in [1.165, 1.54) is 6.07 Å². The molecule has 19 heavy (non-hydrogen) atoms. The quantitative estimate of drug-likeness (QED) is 0.880. The van der Waals surface area contributed by atoms with E-state index < -0.39 is 5.97 Å². The van der Waals surface area contributed by atoms with E-state index in [9.17, 15) is 9.90 Å². The summed E-state index contributed by atoms with van der Waals surface area (Å²) in [6, 6.07) is 12.6. The fraction of sp³-hybridized carbons (Fsp3) is 0.133. The van der Waals surface area contributed by atoms with Crippen molar-refractivity contribution >= 4 is 17.3 Å². The molecule has 98 valence electrons. The first-order chi connectivity index (χ1) is 9.10. The van der Waals surface area contributed by atoms with Crippen molar-refractivity contribution in [2.75, 3.05) is 12.4 Å². The number of carbonyl (C=O) groups is 1. The smallest absolute Gasteiger partial charge is 0.337 e. The van der Waals surface area contributed by atoms with Crippen LogP contribution in [0.5, 0.6) is 5.75 Å². The van der Waals surface area contributed by atoms with E-state index in [1.54, 1.807) is 19.2 Å². The molecule has 0 unspecified atom stereocenters. The van der Waals surface area contributed by atoms with Gasteiger partial charge in [0.05, 0.1) is 18.4 Å². The topological polar surface area (TPSA) is 58.6 Å². The van der Waals surface area contributed by atoms with Crippen molar-refractivity contribution in [1.29, 1.82) is 0 Å². The molecule has 0 spiro atoms. The number of nitrogens with one attached hydrogen (secondary N) is 1.